The van der Waals surface area contributed by atoms with E-state index in [9.17, 15) is 4.79 Å². The van der Waals surface area contributed by atoms with Crippen molar-refractivity contribution in [3.8, 4) is 0 Å². The normalized spacial score (nSPS) is 10.3. The van der Waals surface area contributed by atoms with E-state index in [0.717, 1.165) is 5.56 Å². The molecule has 0 spiro atoms. The van der Waals surface area contributed by atoms with E-state index in [1.54, 1.807) is 6.20 Å². The first kappa shape index (κ1) is 10.7. The SMILES string of the molecule is Cc1cccnc1NC(=O)CC(C)C. The third-order valence-electron chi connectivity index (χ3n) is 1.86. The van der Waals surface area contributed by atoms with Crippen LogP contribution < -0.4 is 5.32 Å². The molecule has 0 radical (unpaired) electrons. The lowest BCUT2D eigenvalue weighted by Gasteiger charge is -2.07. The second-order valence-corrected chi connectivity index (χ2v) is 3.82. The Hall–Kier alpha value is -1.38. The van der Waals surface area contributed by atoms with Gasteiger partial charge in [-0.2, -0.15) is 0 Å². The van der Waals surface area contributed by atoms with E-state index >= 15 is 0 Å². The van der Waals surface area contributed by atoms with Crippen molar-refractivity contribution in [2.75, 3.05) is 5.32 Å². The number of amides is 1. The predicted octanol–water partition coefficient (Wildman–Crippen LogP) is 2.37. The molecule has 0 aromatic carbocycles. The lowest BCUT2D eigenvalue weighted by Crippen LogP contribution is -2.15. The summed E-state index contributed by atoms with van der Waals surface area (Å²) in [6.45, 7) is 5.97. The van der Waals surface area contributed by atoms with Gasteiger partial charge in [-0.1, -0.05) is 19.9 Å². The van der Waals surface area contributed by atoms with E-state index in [2.05, 4.69) is 10.3 Å². The van der Waals surface area contributed by atoms with Crippen LogP contribution in [0.25, 0.3) is 0 Å². The van der Waals surface area contributed by atoms with Crippen LogP contribution in [0.1, 0.15) is 25.8 Å². The van der Waals surface area contributed by atoms with Gasteiger partial charge in [0.25, 0.3) is 0 Å². The van der Waals surface area contributed by atoms with Crippen molar-refractivity contribution < 1.29 is 4.79 Å². The van der Waals surface area contributed by atoms with Gasteiger partial charge in [-0.05, 0) is 24.5 Å². The van der Waals surface area contributed by atoms with Crippen LogP contribution in [0.4, 0.5) is 5.82 Å². The van der Waals surface area contributed by atoms with Crippen LogP contribution in [0.2, 0.25) is 0 Å². The van der Waals surface area contributed by atoms with Crippen molar-refractivity contribution in [3.05, 3.63) is 23.9 Å². The molecule has 0 aliphatic carbocycles. The molecule has 0 bridgehead atoms. The molecule has 1 rings (SSSR count). The maximum atomic E-state index is 11.4. The molecular weight excluding hydrogens is 176 g/mol. The largest absolute Gasteiger partial charge is 0.310 e. The van der Waals surface area contributed by atoms with Crippen molar-refractivity contribution in [2.45, 2.75) is 27.2 Å². The number of carbonyl (C=O) groups is 1. The van der Waals surface area contributed by atoms with Crippen LogP contribution in [-0.2, 0) is 4.79 Å². The Balaban J connectivity index is 2.61. The van der Waals surface area contributed by atoms with E-state index < -0.39 is 0 Å². The molecule has 1 heterocycles. The number of rotatable bonds is 3. The van der Waals surface area contributed by atoms with Gasteiger partial charge in [0.05, 0.1) is 0 Å². The molecule has 0 atom stereocenters. The van der Waals surface area contributed by atoms with Gasteiger partial charge in [0.15, 0.2) is 0 Å². The molecule has 1 aromatic heterocycles. The summed E-state index contributed by atoms with van der Waals surface area (Å²) in [6, 6.07) is 3.78. The number of aryl methyl sites for hydroxylation is 1. The number of hydrogen-bond acceptors (Lipinski definition) is 2. The Kier molecular flexibility index (Phi) is 3.63. The number of nitrogens with one attached hydrogen (secondary N) is 1. The second-order valence-electron chi connectivity index (χ2n) is 3.82. The maximum absolute atomic E-state index is 11.4. The highest BCUT2D eigenvalue weighted by molar-refractivity contribution is 5.90. The monoisotopic (exact) mass is 192 g/mol. The average Bonchev–Trinajstić information content (AvgIpc) is 2.07. The molecule has 0 unspecified atom stereocenters. The standard InChI is InChI=1S/C11H16N2O/c1-8(2)7-10(14)13-11-9(3)5-4-6-12-11/h4-6,8H,7H2,1-3H3,(H,12,13,14). The highest BCUT2D eigenvalue weighted by Gasteiger charge is 2.06. The maximum Gasteiger partial charge on any atom is 0.225 e. The lowest BCUT2D eigenvalue weighted by atomic mass is 10.1. The molecule has 0 aliphatic rings. The van der Waals surface area contributed by atoms with E-state index in [1.165, 1.54) is 0 Å². The summed E-state index contributed by atoms with van der Waals surface area (Å²) in [5.74, 6) is 1.07. The number of carbonyl (C=O) groups excluding carboxylic acids is 1. The van der Waals surface area contributed by atoms with E-state index in [-0.39, 0.29) is 5.91 Å². The fourth-order valence-electron chi connectivity index (χ4n) is 1.17. The Morgan fingerprint density at radius 2 is 2.29 bits per heavy atom. The van der Waals surface area contributed by atoms with Crippen molar-refractivity contribution in [1.82, 2.24) is 4.98 Å². The van der Waals surface area contributed by atoms with Gasteiger partial charge in [-0.3, -0.25) is 4.79 Å². The van der Waals surface area contributed by atoms with Gasteiger partial charge < -0.3 is 5.32 Å². The lowest BCUT2D eigenvalue weighted by molar-refractivity contribution is -0.116. The van der Waals surface area contributed by atoms with Crippen LogP contribution in [0.5, 0.6) is 0 Å². The van der Waals surface area contributed by atoms with Crippen LogP contribution >= 0.6 is 0 Å². The molecule has 14 heavy (non-hydrogen) atoms. The van der Waals surface area contributed by atoms with Gasteiger partial charge in [0.1, 0.15) is 5.82 Å². The van der Waals surface area contributed by atoms with Gasteiger partial charge in [0, 0.05) is 12.6 Å². The van der Waals surface area contributed by atoms with Crippen LogP contribution in [-0.4, -0.2) is 10.9 Å². The molecule has 1 N–H and O–H groups in total. The van der Waals surface area contributed by atoms with Gasteiger partial charge in [0.2, 0.25) is 5.91 Å². The van der Waals surface area contributed by atoms with Crippen molar-refractivity contribution >= 4 is 11.7 Å². The van der Waals surface area contributed by atoms with E-state index in [1.807, 2.05) is 32.9 Å². The molecule has 3 nitrogen and oxygen atoms in total. The molecule has 76 valence electrons. The fraction of sp³-hybridized carbons (Fsp3) is 0.455. The van der Waals surface area contributed by atoms with Crippen LogP contribution in [0.3, 0.4) is 0 Å². The summed E-state index contributed by atoms with van der Waals surface area (Å²) in [6.07, 6.45) is 2.22. The van der Waals surface area contributed by atoms with Crippen LogP contribution in [0, 0.1) is 12.8 Å². The minimum absolute atomic E-state index is 0.0294. The highest BCUT2D eigenvalue weighted by Crippen LogP contribution is 2.10. The van der Waals surface area contributed by atoms with Crippen molar-refractivity contribution in [2.24, 2.45) is 5.92 Å². The molecule has 3 heteroatoms. The minimum Gasteiger partial charge on any atom is -0.310 e. The summed E-state index contributed by atoms with van der Waals surface area (Å²) in [7, 11) is 0. The number of anilines is 1. The number of hydrogen-bond donors (Lipinski definition) is 1. The van der Waals surface area contributed by atoms with E-state index in [4.69, 9.17) is 0 Å². The third kappa shape index (κ3) is 3.17. The topological polar surface area (TPSA) is 42.0 Å². The molecule has 0 fully saturated rings. The summed E-state index contributed by atoms with van der Waals surface area (Å²) in [4.78, 5) is 15.5. The number of pyridine rings is 1. The molecular formula is C11H16N2O. The van der Waals surface area contributed by atoms with E-state index in [0.29, 0.717) is 18.2 Å². The zero-order chi connectivity index (χ0) is 10.6. The summed E-state index contributed by atoms with van der Waals surface area (Å²) >= 11 is 0. The van der Waals surface area contributed by atoms with Crippen molar-refractivity contribution in [1.29, 1.82) is 0 Å². The summed E-state index contributed by atoms with van der Waals surface area (Å²) in [5.41, 5.74) is 0.990. The van der Waals surface area contributed by atoms with Crippen LogP contribution in [0.15, 0.2) is 18.3 Å². The Morgan fingerprint density at radius 1 is 1.57 bits per heavy atom. The smallest absolute Gasteiger partial charge is 0.225 e. The predicted molar refractivity (Wildman–Crippen MR) is 57.1 cm³/mol. The number of aromatic nitrogens is 1. The molecule has 1 amide bonds. The average molecular weight is 192 g/mol. The van der Waals surface area contributed by atoms with Gasteiger partial charge >= 0.3 is 0 Å². The summed E-state index contributed by atoms with van der Waals surface area (Å²) < 4.78 is 0. The Bertz CT molecular complexity index is 321. The Labute approximate surface area is 84.6 Å². The first-order chi connectivity index (χ1) is 6.59. The number of nitrogens with zero attached hydrogens (tertiary/aromatic N) is 1. The first-order valence-electron chi connectivity index (χ1n) is 4.81. The van der Waals surface area contributed by atoms with Gasteiger partial charge in [-0.15, -0.1) is 0 Å². The molecule has 0 saturated carbocycles. The van der Waals surface area contributed by atoms with Crippen molar-refractivity contribution in [3.63, 3.8) is 0 Å². The fourth-order valence-corrected chi connectivity index (χ4v) is 1.17. The second kappa shape index (κ2) is 4.74. The zero-order valence-electron chi connectivity index (χ0n) is 8.87. The molecule has 0 saturated heterocycles. The zero-order valence-corrected chi connectivity index (χ0v) is 8.87. The first-order valence-corrected chi connectivity index (χ1v) is 4.81. The molecule has 0 aliphatic heterocycles. The third-order valence-corrected chi connectivity index (χ3v) is 1.86. The van der Waals surface area contributed by atoms with Gasteiger partial charge in [-0.25, -0.2) is 4.98 Å². The Morgan fingerprint density at radius 3 is 2.86 bits per heavy atom. The summed E-state index contributed by atoms with van der Waals surface area (Å²) in [5, 5.41) is 2.79. The quantitative estimate of drug-likeness (QED) is 0.798. The molecule has 1 aromatic rings. The minimum atomic E-state index is 0.0294. The highest BCUT2D eigenvalue weighted by atomic mass is 16.1.